The average molecular weight is 409 g/mol. The van der Waals surface area contributed by atoms with Crippen LogP contribution in [0.15, 0.2) is 48.5 Å². The van der Waals surface area contributed by atoms with Crippen molar-refractivity contribution in [1.82, 2.24) is 20.1 Å². The monoisotopic (exact) mass is 408 g/mol. The standard InChI is InChI=1S/C22H24N4O2S/c1-15-6-8-17(9-7-15)21-24-25-22(29)26(21)11-10-20(27)23-13-16-12-18-4-2-3-5-19(18)28-14-16/h2-9,16H,10-14H2,1H3,(H,23,27)(H,25,29). The predicted octanol–water partition coefficient (Wildman–Crippen LogP) is 3.67. The first-order valence-electron chi connectivity index (χ1n) is 9.80. The number of rotatable bonds is 6. The third-order valence-electron chi connectivity index (χ3n) is 5.17. The molecule has 150 valence electrons. The minimum Gasteiger partial charge on any atom is -0.493 e. The maximum atomic E-state index is 12.4. The minimum absolute atomic E-state index is 0.00168. The summed E-state index contributed by atoms with van der Waals surface area (Å²) in [4.78, 5) is 12.4. The number of aryl methyl sites for hydroxylation is 1. The molecular formula is C22H24N4O2S. The van der Waals surface area contributed by atoms with Gasteiger partial charge in [0.25, 0.3) is 0 Å². The van der Waals surface area contributed by atoms with E-state index in [1.54, 1.807) is 0 Å². The van der Waals surface area contributed by atoms with Crippen molar-refractivity contribution in [2.45, 2.75) is 26.3 Å². The molecule has 0 saturated heterocycles. The van der Waals surface area contributed by atoms with E-state index in [0.29, 0.717) is 30.9 Å². The molecule has 2 aromatic carbocycles. The predicted molar refractivity (Wildman–Crippen MR) is 114 cm³/mol. The summed E-state index contributed by atoms with van der Waals surface area (Å²) in [5.74, 6) is 1.99. The van der Waals surface area contributed by atoms with Crippen molar-refractivity contribution >= 4 is 18.1 Å². The van der Waals surface area contributed by atoms with Gasteiger partial charge in [-0.25, -0.2) is 0 Å². The van der Waals surface area contributed by atoms with E-state index in [0.717, 1.165) is 23.6 Å². The van der Waals surface area contributed by atoms with E-state index in [2.05, 4.69) is 21.6 Å². The Kier molecular flexibility index (Phi) is 5.76. The first-order valence-corrected chi connectivity index (χ1v) is 10.2. The largest absolute Gasteiger partial charge is 0.493 e. The molecule has 4 rings (SSSR count). The maximum Gasteiger partial charge on any atom is 0.221 e. The lowest BCUT2D eigenvalue weighted by Crippen LogP contribution is -2.35. The zero-order valence-corrected chi connectivity index (χ0v) is 17.2. The maximum absolute atomic E-state index is 12.4. The molecule has 6 nitrogen and oxygen atoms in total. The molecule has 7 heteroatoms. The molecule has 3 aromatic rings. The van der Waals surface area contributed by atoms with Gasteiger partial charge in [0, 0.05) is 31.0 Å². The molecule has 2 heterocycles. The Hall–Kier alpha value is -2.93. The molecule has 1 unspecified atom stereocenters. The summed E-state index contributed by atoms with van der Waals surface area (Å²) in [6, 6.07) is 16.2. The third-order valence-corrected chi connectivity index (χ3v) is 5.49. The summed E-state index contributed by atoms with van der Waals surface area (Å²) in [7, 11) is 0. The second kappa shape index (κ2) is 8.61. The number of aromatic amines is 1. The number of carbonyl (C=O) groups excluding carboxylic acids is 1. The molecule has 2 N–H and O–H groups in total. The number of hydrogen-bond acceptors (Lipinski definition) is 4. The van der Waals surface area contributed by atoms with Crippen molar-refractivity contribution in [2.24, 2.45) is 5.92 Å². The van der Waals surface area contributed by atoms with E-state index in [9.17, 15) is 4.79 Å². The first-order chi connectivity index (χ1) is 14.1. The Balaban J connectivity index is 1.32. The van der Waals surface area contributed by atoms with Gasteiger partial charge < -0.3 is 10.1 Å². The van der Waals surface area contributed by atoms with E-state index < -0.39 is 0 Å². The number of hydrogen-bond donors (Lipinski definition) is 2. The number of para-hydroxylation sites is 1. The van der Waals surface area contributed by atoms with Crippen LogP contribution in [0.2, 0.25) is 0 Å². The topological polar surface area (TPSA) is 71.9 Å². The van der Waals surface area contributed by atoms with Gasteiger partial charge in [-0.15, -0.1) is 0 Å². The van der Waals surface area contributed by atoms with Gasteiger partial charge in [-0.1, -0.05) is 48.0 Å². The molecule has 0 spiro atoms. The van der Waals surface area contributed by atoms with Crippen molar-refractivity contribution < 1.29 is 9.53 Å². The summed E-state index contributed by atoms with van der Waals surface area (Å²) in [6.45, 7) is 3.76. The number of carbonyl (C=O) groups is 1. The highest BCUT2D eigenvalue weighted by atomic mass is 32.1. The van der Waals surface area contributed by atoms with Gasteiger partial charge >= 0.3 is 0 Å². The molecule has 0 aliphatic carbocycles. The van der Waals surface area contributed by atoms with E-state index >= 15 is 0 Å². The fourth-order valence-electron chi connectivity index (χ4n) is 3.53. The molecule has 1 amide bonds. The molecule has 1 aliphatic heterocycles. The van der Waals surface area contributed by atoms with Gasteiger partial charge in [0.05, 0.1) is 6.61 Å². The van der Waals surface area contributed by atoms with E-state index in [1.807, 2.05) is 54.0 Å². The third kappa shape index (κ3) is 4.56. The number of nitrogens with zero attached hydrogens (tertiary/aromatic N) is 2. The van der Waals surface area contributed by atoms with Gasteiger partial charge in [0.15, 0.2) is 10.6 Å². The van der Waals surface area contributed by atoms with Crippen LogP contribution in [0, 0.1) is 17.6 Å². The number of benzene rings is 2. The van der Waals surface area contributed by atoms with Crippen molar-refractivity contribution in [1.29, 1.82) is 0 Å². The Morgan fingerprint density at radius 2 is 2.07 bits per heavy atom. The molecule has 29 heavy (non-hydrogen) atoms. The number of ether oxygens (including phenoxy) is 1. The molecule has 0 fully saturated rings. The molecule has 1 atom stereocenters. The van der Waals surface area contributed by atoms with Gasteiger partial charge in [-0.2, -0.15) is 5.10 Å². The highest BCUT2D eigenvalue weighted by Gasteiger charge is 2.20. The van der Waals surface area contributed by atoms with Crippen LogP contribution >= 0.6 is 12.2 Å². The lowest BCUT2D eigenvalue weighted by atomic mass is 9.97. The summed E-state index contributed by atoms with van der Waals surface area (Å²) in [6.07, 6.45) is 1.26. The lowest BCUT2D eigenvalue weighted by molar-refractivity contribution is -0.121. The van der Waals surface area contributed by atoms with Crippen LogP contribution in [0.1, 0.15) is 17.5 Å². The zero-order chi connectivity index (χ0) is 20.2. The highest BCUT2D eigenvalue weighted by molar-refractivity contribution is 7.71. The van der Waals surface area contributed by atoms with Gasteiger partial charge in [0.2, 0.25) is 5.91 Å². The van der Waals surface area contributed by atoms with Crippen LogP contribution in [0.3, 0.4) is 0 Å². The van der Waals surface area contributed by atoms with Crippen LogP contribution in [-0.2, 0) is 17.8 Å². The van der Waals surface area contributed by atoms with E-state index in [-0.39, 0.29) is 11.8 Å². The average Bonchev–Trinajstić information content (AvgIpc) is 3.11. The van der Waals surface area contributed by atoms with E-state index in [1.165, 1.54) is 11.1 Å². The minimum atomic E-state index is 0.00168. The molecule has 0 saturated carbocycles. The van der Waals surface area contributed by atoms with Crippen molar-refractivity contribution in [2.75, 3.05) is 13.2 Å². The van der Waals surface area contributed by atoms with Crippen molar-refractivity contribution in [3.8, 4) is 17.1 Å². The summed E-state index contributed by atoms with van der Waals surface area (Å²) in [5, 5.41) is 10.2. The number of amides is 1. The molecular weight excluding hydrogens is 384 g/mol. The normalized spacial score (nSPS) is 15.4. The van der Waals surface area contributed by atoms with Crippen LogP contribution in [0.4, 0.5) is 0 Å². The summed E-state index contributed by atoms with van der Waals surface area (Å²) in [5.41, 5.74) is 3.36. The second-order valence-electron chi connectivity index (χ2n) is 7.41. The molecule has 0 bridgehead atoms. The summed E-state index contributed by atoms with van der Waals surface area (Å²) >= 11 is 5.35. The van der Waals surface area contributed by atoms with Gasteiger partial charge in [-0.3, -0.25) is 14.5 Å². The number of nitrogens with one attached hydrogen (secondary N) is 2. The number of aromatic nitrogens is 3. The molecule has 0 radical (unpaired) electrons. The van der Waals surface area contributed by atoms with E-state index in [4.69, 9.17) is 17.0 Å². The van der Waals surface area contributed by atoms with Crippen LogP contribution in [0.5, 0.6) is 5.75 Å². The Bertz CT molecular complexity index is 1060. The fraction of sp³-hybridized carbons (Fsp3) is 0.318. The van der Waals surface area contributed by atoms with Crippen molar-refractivity contribution in [3.05, 3.63) is 64.4 Å². The lowest BCUT2D eigenvalue weighted by Gasteiger charge is -2.25. The Labute approximate surface area is 174 Å². The molecule has 1 aromatic heterocycles. The van der Waals surface area contributed by atoms with Gasteiger partial charge in [0.1, 0.15) is 5.75 Å². The highest BCUT2D eigenvalue weighted by Crippen LogP contribution is 2.26. The SMILES string of the molecule is Cc1ccc(-c2n[nH]c(=S)n2CCC(=O)NCC2COc3ccccc3C2)cc1. The Morgan fingerprint density at radius 1 is 1.28 bits per heavy atom. The fourth-order valence-corrected chi connectivity index (χ4v) is 3.75. The number of fused-ring (bicyclic) bond motifs is 1. The smallest absolute Gasteiger partial charge is 0.221 e. The van der Waals surface area contributed by atoms with Crippen LogP contribution in [-0.4, -0.2) is 33.8 Å². The van der Waals surface area contributed by atoms with Crippen molar-refractivity contribution in [3.63, 3.8) is 0 Å². The zero-order valence-electron chi connectivity index (χ0n) is 16.4. The van der Waals surface area contributed by atoms with Crippen LogP contribution < -0.4 is 10.1 Å². The summed E-state index contributed by atoms with van der Waals surface area (Å²) < 4.78 is 8.19. The first kappa shape index (κ1) is 19.4. The second-order valence-corrected chi connectivity index (χ2v) is 7.80. The van der Waals surface area contributed by atoms with Crippen LogP contribution in [0.25, 0.3) is 11.4 Å². The Morgan fingerprint density at radius 3 is 2.90 bits per heavy atom. The molecule has 1 aliphatic rings. The van der Waals surface area contributed by atoms with Gasteiger partial charge in [-0.05, 0) is 37.2 Å². The number of H-pyrrole nitrogens is 1. The quantitative estimate of drug-likeness (QED) is 0.611.